The maximum absolute atomic E-state index is 12.2. The van der Waals surface area contributed by atoms with Gasteiger partial charge >= 0.3 is 6.03 Å². The molecule has 5 nitrogen and oxygen atoms in total. The van der Waals surface area contributed by atoms with E-state index >= 15 is 0 Å². The van der Waals surface area contributed by atoms with Gasteiger partial charge < -0.3 is 15.7 Å². The number of hydrogen-bond acceptors (Lipinski definition) is 3. The van der Waals surface area contributed by atoms with Gasteiger partial charge in [-0.3, -0.25) is 4.98 Å². The lowest BCUT2D eigenvalue weighted by molar-refractivity contribution is 0.233. The molecule has 2 aromatic rings. The molecule has 2 rings (SSSR count). The predicted octanol–water partition coefficient (Wildman–Crippen LogP) is 2.75. The van der Waals surface area contributed by atoms with E-state index in [1.807, 2.05) is 49.5 Å². The van der Waals surface area contributed by atoms with Crippen LogP contribution in [0.25, 0.3) is 0 Å². The van der Waals surface area contributed by atoms with Crippen molar-refractivity contribution in [3.63, 3.8) is 0 Å². The van der Waals surface area contributed by atoms with Crippen LogP contribution in [-0.2, 0) is 6.42 Å². The molecular weight excluding hydrogens is 302 g/mol. The van der Waals surface area contributed by atoms with Gasteiger partial charge in [-0.2, -0.15) is 0 Å². The molecule has 0 spiro atoms. The summed E-state index contributed by atoms with van der Waals surface area (Å²) in [6.45, 7) is 2.70. The lowest BCUT2D eigenvalue weighted by atomic mass is 10.0. The van der Waals surface area contributed by atoms with Crippen molar-refractivity contribution in [2.45, 2.75) is 32.2 Å². The van der Waals surface area contributed by atoms with Gasteiger partial charge in [-0.1, -0.05) is 30.3 Å². The van der Waals surface area contributed by atoms with E-state index in [9.17, 15) is 4.79 Å². The minimum Gasteiger partial charge on any atom is -0.396 e. The Balaban J connectivity index is 1.85. The minimum atomic E-state index is -0.187. The van der Waals surface area contributed by atoms with Crippen LogP contribution in [0.3, 0.4) is 0 Å². The number of hydrogen-bond donors (Lipinski definition) is 3. The molecule has 0 radical (unpaired) electrons. The van der Waals surface area contributed by atoms with Gasteiger partial charge in [0.1, 0.15) is 0 Å². The number of rotatable bonds is 8. The van der Waals surface area contributed by atoms with Crippen molar-refractivity contribution < 1.29 is 9.90 Å². The van der Waals surface area contributed by atoms with Crippen LogP contribution in [0.2, 0.25) is 0 Å². The quantitative estimate of drug-likeness (QED) is 0.698. The molecule has 0 aliphatic carbocycles. The Morgan fingerprint density at radius 2 is 2.04 bits per heavy atom. The Hall–Kier alpha value is -2.40. The van der Waals surface area contributed by atoms with Gasteiger partial charge in [0.05, 0.1) is 6.04 Å². The zero-order valence-corrected chi connectivity index (χ0v) is 14.0. The topological polar surface area (TPSA) is 74.2 Å². The number of aromatic nitrogens is 1. The van der Waals surface area contributed by atoms with Crippen LogP contribution in [0.15, 0.2) is 48.8 Å². The third-order valence-electron chi connectivity index (χ3n) is 3.97. The fourth-order valence-electron chi connectivity index (χ4n) is 2.61. The second-order valence-electron chi connectivity index (χ2n) is 5.78. The number of nitrogens with zero attached hydrogens (tertiary/aromatic N) is 1. The highest BCUT2D eigenvalue weighted by Crippen LogP contribution is 2.17. The van der Waals surface area contributed by atoms with Gasteiger partial charge in [0, 0.05) is 25.5 Å². The van der Waals surface area contributed by atoms with Crippen molar-refractivity contribution in [2.24, 2.45) is 0 Å². The van der Waals surface area contributed by atoms with E-state index in [4.69, 9.17) is 5.11 Å². The first-order valence-electron chi connectivity index (χ1n) is 8.30. The van der Waals surface area contributed by atoms with Crippen molar-refractivity contribution in [1.82, 2.24) is 15.6 Å². The summed E-state index contributed by atoms with van der Waals surface area (Å²) in [5.41, 5.74) is 3.36. The highest BCUT2D eigenvalue weighted by Gasteiger charge is 2.13. The molecule has 0 bridgehead atoms. The molecule has 24 heavy (non-hydrogen) atoms. The second-order valence-corrected chi connectivity index (χ2v) is 5.78. The maximum Gasteiger partial charge on any atom is 0.315 e. The number of pyridine rings is 1. The molecule has 128 valence electrons. The molecule has 1 atom stereocenters. The van der Waals surface area contributed by atoms with E-state index in [1.165, 1.54) is 5.56 Å². The van der Waals surface area contributed by atoms with Crippen LogP contribution in [-0.4, -0.2) is 29.3 Å². The zero-order valence-electron chi connectivity index (χ0n) is 14.0. The first kappa shape index (κ1) is 17.9. The lowest BCUT2D eigenvalue weighted by Crippen LogP contribution is -2.39. The minimum absolute atomic E-state index is 0.0963. The van der Waals surface area contributed by atoms with Gasteiger partial charge in [0.2, 0.25) is 0 Å². The largest absolute Gasteiger partial charge is 0.396 e. The van der Waals surface area contributed by atoms with Gasteiger partial charge in [0.25, 0.3) is 0 Å². The number of nitrogens with one attached hydrogen (secondary N) is 2. The second kappa shape index (κ2) is 9.67. The smallest absolute Gasteiger partial charge is 0.315 e. The van der Waals surface area contributed by atoms with Crippen LogP contribution in [0.4, 0.5) is 4.79 Å². The molecule has 3 N–H and O–H groups in total. The summed E-state index contributed by atoms with van der Waals surface area (Å²) in [7, 11) is 0. The maximum atomic E-state index is 12.2. The summed E-state index contributed by atoms with van der Waals surface area (Å²) in [6.07, 6.45) is 5.72. The number of carbonyl (C=O) groups is 1. The van der Waals surface area contributed by atoms with E-state index in [0.717, 1.165) is 17.5 Å². The molecule has 0 aliphatic rings. The molecule has 0 saturated heterocycles. The van der Waals surface area contributed by atoms with E-state index in [-0.39, 0.29) is 18.7 Å². The molecular formula is C19H25N3O2. The highest BCUT2D eigenvalue weighted by atomic mass is 16.3. The van der Waals surface area contributed by atoms with Crippen LogP contribution < -0.4 is 10.6 Å². The van der Waals surface area contributed by atoms with Crippen molar-refractivity contribution >= 4 is 6.03 Å². The highest BCUT2D eigenvalue weighted by molar-refractivity contribution is 5.74. The molecule has 0 saturated carbocycles. The van der Waals surface area contributed by atoms with Crippen molar-refractivity contribution in [3.05, 3.63) is 65.5 Å². The van der Waals surface area contributed by atoms with E-state index in [2.05, 4.69) is 15.6 Å². The Bertz CT molecular complexity index is 632. The van der Waals surface area contributed by atoms with Crippen molar-refractivity contribution in [1.29, 1.82) is 0 Å². The Labute approximate surface area is 143 Å². The van der Waals surface area contributed by atoms with E-state index in [0.29, 0.717) is 19.4 Å². The SMILES string of the molecule is Cc1cnccc1CCNC(=O)NC(CCCO)c1ccccc1. The molecule has 5 heteroatoms. The average Bonchev–Trinajstić information content (AvgIpc) is 2.61. The van der Waals surface area contributed by atoms with Crippen LogP contribution >= 0.6 is 0 Å². The summed E-state index contributed by atoms with van der Waals surface area (Å²) >= 11 is 0. The van der Waals surface area contributed by atoms with Gasteiger partial charge in [0.15, 0.2) is 0 Å². The van der Waals surface area contributed by atoms with Crippen molar-refractivity contribution in [2.75, 3.05) is 13.2 Å². The first-order chi connectivity index (χ1) is 11.7. The van der Waals surface area contributed by atoms with Crippen LogP contribution in [0.5, 0.6) is 0 Å². The molecule has 0 fully saturated rings. The zero-order chi connectivity index (χ0) is 17.2. The molecule has 1 aromatic heterocycles. The molecule has 1 aromatic carbocycles. The monoisotopic (exact) mass is 327 g/mol. The summed E-state index contributed by atoms with van der Waals surface area (Å²) < 4.78 is 0. The van der Waals surface area contributed by atoms with Crippen LogP contribution in [0, 0.1) is 6.92 Å². The third kappa shape index (κ3) is 5.66. The van der Waals surface area contributed by atoms with Gasteiger partial charge in [-0.05, 0) is 48.9 Å². The fourth-order valence-corrected chi connectivity index (χ4v) is 2.61. The Kier molecular flexibility index (Phi) is 7.23. The first-order valence-corrected chi connectivity index (χ1v) is 8.30. The standard InChI is InChI=1S/C19H25N3O2/c1-15-14-20-11-9-16(15)10-12-21-19(24)22-18(8-5-13-23)17-6-3-2-4-7-17/h2-4,6-7,9,11,14,18,23H,5,8,10,12-13H2,1H3,(H2,21,22,24). The summed E-state index contributed by atoms with van der Waals surface area (Å²) in [5, 5.41) is 15.0. The number of aliphatic hydroxyl groups excluding tert-OH is 1. The van der Waals surface area contributed by atoms with Gasteiger partial charge in [-0.15, -0.1) is 0 Å². The molecule has 1 heterocycles. The average molecular weight is 327 g/mol. The van der Waals surface area contributed by atoms with E-state index in [1.54, 1.807) is 6.20 Å². The van der Waals surface area contributed by atoms with Crippen LogP contribution in [0.1, 0.15) is 35.6 Å². The normalized spacial score (nSPS) is 11.8. The third-order valence-corrected chi connectivity index (χ3v) is 3.97. The summed E-state index contributed by atoms with van der Waals surface area (Å²) in [5.74, 6) is 0. The van der Waals surface area contributed by atoms with E-state index < -0.39 is 0 Å². The molecule has 2 amide bonds. The number of benzene rings is 1. The Morgan fingerprint density at radius 1 is 1.25 bits per heavy atom. The molecule has 0 aliphatic heterocycles. The Morgan fingerprint density at radius 3 is 2.75 bits per heavy atom. The lowest BCUT2D eigenvalue weighted by Gasteiger charge is -2.19. The predicted molar refractivity (Wildman–Crippen MR) is 94.7 cm³/mol. The van der Waals surface area contributed by atoms with Gasteiger partial charge in [-0.25, -0.2) is 4.79 Å². The number of urea groups is 1. The number of aryl methyl sites for hydroxylation is 1. The number of carbonyl (C=O) groups excluding carboxylic acids is 1. The molecule has 1 unspecified atom stereocenters. The number of aliphatic hydroxyl groups is 1. The summed E-state index contributed by atoms with van der Waals surface area (Å²) in [4.78, 5) is 16.2. The fraction of sp³-hybridized carbons (Fsp3) is 0.368. The summed E-state index contributed by atoms with van der Waals surface area (Å²) in [6, 6.07) is 11.5. The number of amides is 2. The van der Waals surface area contributed by atoms with Crippen molar-refractivity contribution in [3.8, 4) is 0 Å².